The quantitative estimate of drug-likeness (QED) is 0.258. The SMILES string of the molecule is CC(C)NC(=O)C(C)N(Cc1ccc(Cl)cc1Cl)C(=O)CN(c1ccc(Cl)c(C(F)(F)F)c1)S(=O)(=O)c1ccccc1. The van der Waals surface area contributed by atoms with Crippen LogP contribution in [-0.4, -0.2) is 43.8 Å². The first-order chi connectivity index (χ1) is 19.5. The summed E-state index contributed by atoms with van der Waals surface area (Å²) in [6, 6.07) is 12.6. The number of halogens is 6. The molecule has 42 heavy (non-hydrogen) atoms. The molecular formula is C28H27Cl3F3N3O4S. The summed E-state index contributed by atoms with van der Waals surface area (Å²) in [5, 5.41) is 2.58. The molecule has 14 heteroatoms. The van der Waals surface area contributed by atoms with Crippen LogP contribution in [0.15, 0.2) is 71.6 Å². The fourth-order valence-corrected chi connectivity index (χ4v) is 6.08. The monoisotopic (exact) mass is 663 g/mol. The van der Waals surface area contributed by atoms with Gasteiger partial charge in [0, 0.05) is 22.6 Å². The van der Waals surface area contributed by atoms with Crippen LogP contribution >= 0.6 is 34.8 Å². The summed E-state index contributed by atoms with van der Waals surface area (Å²) in [7, 11) is -4.58. The van der Waals surface area contributed by atoms with E-state index in [0.29, 0.717) is 21.0 Å². The lowest BCUT2D eigenvalue weighted by Gasteiger charge is -2.32. The van der Waals surface area contributed by atoms with Gasteiger partial charge in [0.25, 0.3) is 10.0 Å². The number of nitrogens with zero attached hydrogens (tertiary/aromatic N) is 2. The number of carbonyl (C=O) groups is 2. The molecule has 3 aromatic carbocycles. The van der Waals surface area contributed by atoms with Crippen LogP contribution in [0.2, 0.25) is 15.1 Å². The van der Waals surface area contributed by atoms with E-state index in [2.05, 4.69) is 5.32 Å². The van der Waals surface area contributed by atoms with Crippen LogP contribution in [0, 0.1) is 0 Å². The zero-order chi connectivity index (χ0) is 31.4. The smallest absolute Gasteiger partial charge is 0.352 e. The van der Waals surface area contributed by atoms with E-state index in [1.807, 2.05) is 0 Å². The molecule has 7 nitrogen and oxygen atoms in total. The van der Waals surface area contributed by atoms with Gasteiger partial charge in [-0.2, -0.15) is 13.2 Å². The van der Waals surface area contributed by atoms with Crippen molar-refractivity contribution < 1.29 is 31.2 Å². The van der Waals surface area contributed by atoms with Crippen LogP contribution in [0.25, 0.3) is 0 Å². The van der Waals surface area contributed by atoms with E-state index in [0.717, 1.165) is 17.0 Å². The summed E-state index contributed by atoms with van der Waals surface area (Å²) in [6.45, 7) is 3.72. The van der Waals surface area contributed by atoms with E-state index < -0.39 is 56.9 Å². The Bertz CT molecular complexity index is 1550. The van der Waals surface area contributed by atoms with E-state index in [4.69, 9.17) is 34.8 Å². The zero-order valence-corrected chi connectivity index (χ0v) is 25.7. The van der Waals surface area contributed by atoms with Gasteiger partial charge in [0.2, 0.25) is 11.8 Å². The van der Waals surface area contributed by atoms with Gasteiger partial charge in [-0.05, 0) is 68.8 Å². The van der Waals surface area contributed by atoms with Crippen LogP contribution in [-0.2, 0) is 32.3 Å². The van der Waals surface area contributed by atoms with Crippen molar-refractivity contribution in [2.24, 2.45) is 0 Å². The van der Waals surface area contributed by atoms with Gasteiger partial charge in [-0.15, -0.1) is 0 Å². The standard InChI is InChI=1S/C28H27Cl3F3N3O4S/c1-17(2)35-27(39)18(3)36(15-19-9-10-20(29)13-25(19)31)26(38)16-37(42(40,41)22-7-5-4-6-8-22)21-11-12-24(30)23(14-21)28(32,33)34/h4-14,17-18H,15-16H2,1-3H3,(H,35,39). The Morgan fingerprint density at radius 1 is 0.905 bits per heavy atom. The van der Waals surface area contributed by atoms with Gasteiger partial charge in [-0.3, -0.25) is 13.9 Å². The van der Waals surface area contributed by atoms with Crippen molar-refractivity contribution in [3.8, 4) is 0 Å². The van der Waals surface area contributed by atoms with E-state index in [1.54, 1.807) is 26.0 Å². The first-order valence-corrected chi connectivity index (χ1v) is 15.1. The molecule has 3 rings (SSSR count). The molecule has 0 aromatic heterocycles. The van der Waals surface area contributed by atoms with Gasteiger partial charge in [-0.25, -0.2) is 8.42 Å². The Kier molecular flexibility index (Phi) is 10.8. The minimum absolute atomic E-state index is 0.193. The third kappa shape index (κ3) is 8.09. The predicted molar refractivity (Wildman–Crippen MR) is 157 cm³/mol. The number of rotatable bonds is 10. The van der Waals surface area contributed by atoms with Crippen LogP contribution in [0.4, 0.5) is 18.9 Å². The largest absolute Gasteiger partial charge is 0.417 e. The van der Waals surface area contributed by atoms with Crippen molar-refractivity contribution in [1.29, 1.82) is 0 Å². The van der Waals surface area contributed by atoms with Gasteiger partial charge < -0.3 is 10.2 Å². The van der Waals surface area contributed by atoms with Gasteiger partial charge >= 0.3 is 6.18 Å². The molecule has 0 aliphatic heterocycles. The highest BCUT2D eigenvalue weighted by molar-refractivity contribution is 7.92. The highest BCUT2D eigenvalue weighted by Gasteiger charge is 2.37. The highest BCUT2D eigenvalue weighted by Crippen LogP contribution is 2.38. The number of carbonyl (C=O) groups excluding carboxylic acids is 2. The maximum Gasteiger partial charge on any atom is 0.417 e. The average molecular weight is 665 g/mol. The first-order valence-electron chi connectivity index (χ1n) is 12.5. The molecule has 3 aromatic rings. The minimum atomic E-state index is -4.90. The Balaban J connectivity index is 2.13. The number of alkyl halides is 3. The lowest BCUT2D eigenvalue weighted by atomic mass is 10.1. The second-order valence-electron chi connectivity index (χ2n) is 9.58. The maximum atomic E-state index is 13.9. The third-order valence-corrected chi connectivity index (χ3v) is 8.81. The summed E-state index contributed by atoms with van der Waals surface area (Å²) < 4.78 is 69.2. The van der Waals surface area contributed by atoms with Gasteiger partial charge in [0.05, 0.1) is 21.2 Å². The number of anilines is 1. The van der Waals surface area contributed by atoms with E-state index in [9.17, 15) is 31.2 Å². The molecule has 0 heterocycles. The van der Waals surface area contributed by atoms with E-state index >= 15 is 0 Å². The van der Waals surface area contributed by atoms with Crippen LogP contribution < -0.4 is 9.62 Å². The molecule has 1 atom stereocenters. The average Bonchev–Trinajstić information content (AvgIpc) is 2.90. The van der Waals surface area contributed by atoms with E-state index in [1.165, 1.54) is 43.3 Å². The predicted octanol–water partition coefficient (Wildman–Crippen LogP) is 6.80. The fourth-order valence-electron chi connectivity index (χ4n) is 3.96. The van der Waals surface area contributed by atoms with Crippen LogP contribution in [0.5, 0.6) is 0 Å². The Morgan fingerprint density at radius 2 is 1.55 bits per heavy atom. The van der Waals surface area contributed by atoms with Crippen molar-refractivity contribution in [2.45, 2.75) is 50.5 Å². The Morgan fingerprint density at radius 3 is 2.12 bits per heavy atom. The van der Waals surface area contributed by atoms with Crippen LogP contribution in [0.1, 0.15) is 31.9 Å². The number of benzene rings is 3. The van der Waals surface area contributed by atoms with Gasteiger partial charge in [-0.1, -0.05) is 59.1 Å². The molecule has 0 aliphatic carbocycles. The molecule has 0 bridgehead atoms. The zero-order valence-electron chi connectivity index (χ0n) is 22.6. The normalized spacial score (nSPS) is 12.6. The highest BCUT2D eigenvalue weighted by atomic mass is 35.5. The minimum Gasteiger partial charge on any atom is -0.352 e. The lowest BCUT2D eigenvalue weighted by Crippen LogP contribution is -2.52. The van der Waals surface area contributed by atoms with Crippen molar-refractivity contribution in [3.63, 3.8) is 0 Å². The number of sulfonamides is 1. The molecule has 0 spiro atoms. The van der Waals surface area contributed by atoms with E-state index in [-0.39, 0.29) is 22.5 Å². The van der Waals surface area contributed by atoms with Crippen molar-refractivity contribution >= 4 is 62.3 Å². The van der Waals surface area contributed by atoms with Crippen molar-refractivity contribution in [2.75, 3.05) is 10.8 Å². The number of hydrogen-bond acceptors (Lipinski definition) is 4. The molecule has 1 unspecified atom stereocenters. The molecule has 1 N–H and O–H groups in total. The molecule has 0 fully saturated rings. The van der Waals surface area contributed by atoms with Crippen molar-refractivity contribution in [3.05, 3.63) is 92.9 Å². The fraction of sp³-hybridized carbons (Fsp3) is 0.286. The molecule has 0 saturated heterocycles. The second-order valence-corrected chi connectivity index (χ2v) is 12.7. The summed E-state index contributed by atoms with van der Waals surface area (Å²) in [5.74, 6) is -1.41. The molecule has 0 aliphatic rings. The molecule has 0 radical (unpaired) electrons. The molecule has 0 saturated carbocycles. The summed E-state index contributed by atoms with van der Waals surface area (Å²) in [6.07, 6.45) is -4.90. The summed E-state index contributed by atoms with van der Waals surface area (Å²) in [5.41, 5.74) is -1.33. The topological polar surface area (TPSA) is 86.8 Å². The molecule has 226 valence electrons. The van der Waals surface area contributed by atoms with Crippen LogP contribution in [0.3, 0.4) is 0 Å². The molecule has 2 amide bonds. The van der Waals surface area contributed by atoms with Gasteiger partial charge in [0.15, 0.2) is 0 Å². The maximum absolute atomic E-state index is 13.9. The molecular weight excluding hydrogens is 638 g/mol. The van der Waals surface area contributed by atoms with Gasteiger partial charge in [0.1, 0.15) is 12.6 Å². The number of nitrogens with one attached hydrogen (secondary N) is 1. The second kappa shape index (κ2) is 13.5. The lowest BCUT2D eigenvalue weighted by molar-refractivity contribution is -0.139. The Labute approximate surface area is 257 Å². The first kappa shape index (κ1) is 33.5. The number of amides is 2. The van der Waals surface area contributed by atoms with Crippen molar-refractivity contribution in [1.82, 2.24) is 10.2 Å². The Hall–Kier alpha value is -2.99. The third-order valence-electron chi connectivity index (χ3n) is 6.11. The summed E-state index contributed by atoms with van der Waals surface area (Å²) >= 11 is 18.1. The number of hydrogen-bond donors (Lipinski definition) is 1. The summed E-state index contributed by atoms with van der Waals surface area (Å²) in [4.78, 5) is 27.7.